The molecule has 0 radical (unpaired) electrons. The Morgan fingerprint density at radius 2 is 2.10 bits per heavy atom. The van der Waals surface area contributed by atoms with Crippen LogP contribution in [0.25, 0.3) is 0 Å². The van der Waals surface area contributed by atoms with E-state index in [1.54, 1.807) is 7.11 Å². The molecule has 0 N–H and O–H groups in total. The maximum absolute atomic E-state index is 9.47. The summed E-state index contributed by atoms with van der Waals surface area (Å²) in [6.45, 7) is 5.38. The largest absolute Gasteiger partial charge is 0.493 e. The third kappa shape index (κ3) is 3.21. The summed E-state index contributed by atoms with van der Waals surface area (Å²) in [5.74, 6) is 1.37. The first kappa shape index (κ1) is 14.6. The zero-order chi connectivity index (χ0) is 14.4. The van der Waals surface area contributed by atoms with Gasteiger partial charge in [-0.2, -0.15) is 5.26 Å². The summed E-state index contributed by atoms with van der Waals surface area (Å²) in [6, 6.07) is 7.76. The second-order valence-electron chi connectivity index (χ2n) is 4.52. The Kier molecular flexibility index (Phi) is 5.22. The van der Waals surface area contributed by atoms with Crippen LogP contribution in [-0.4, -0.2) is 44.9 Å². The van der Waals surface area contributed by atoms with Gasteiger partial charge in [0.2, 0.25) is 0 Å². The number of ether oxygens (including phenoxy) is 3. The highest BCUT2D eigenvalue weighted by Crippen LogP contribution is 2.32. The van der Waals surface area contributed by atoms with Crippen LogP contribution in [-0.2, 0) is 4.74 Å². The molecule has 0 aliphatic carbocycles. The third-order valence-corrected chi connectivity index (χ3v) is 3.34. The van der Waals surface area contributed by atoms with Gasteiger partial charge in [0.15, 0.2) is 11.5 Å². The molecule has 0 amide bonds. The van der Waals surface area contributed by atoms with Crippen LogP contribution in [0, 0.1) is 11.3 Å². The quantitative estimate of drug-likeness (QED) is 0.823. The molecule has 20 heavy (non-hydrogen) atoms. The van der Waals surface area contributed by atoms with Gasteiger partial charge in [0.05, 0.1) is 33.0 Å². The van der Waals surface area contributed by atoms with E-state index >= 15 is 0 Å². The van der Waals surface area contributed by atoms with Crippen molar-refractivity contribution in [3.63, 3.8) is 0 Å². The van der Waals surface area contributed by atoms with E-state index in [1.807, 2.05) is 25.1 Å². The molecule has 108 valence electrons. The number of nitrogens with zero attached hydrogens (tertiary/aromatic N) is 2. The van der Waals surface area contributed by atoms with Crippen molar-refractivity contribution in [1.29, 1.82) is 5.26 Å². The van der Waals surface area contributed by atoms with Crippen LogP contribution in [0.5, 0.6) is 11.5 Å². The Morgan fingerprint density at radius 3 is 2.70 bits per heavy atom. The van der Waals surface area contributed by atoms with Crippen LogP contribution in [0.15, 0.2) is 18.2 Å². The average molecular weight is 276 g/mol. The fourth-order valence-electron chi connectivity index (χ4n) is 2.33. The van der Waals surface area contributed by atoms with Crippen molar-refractivity contribution in [3.8, 4) is 17.6 Å². The van der Waals surface area contributed by atoms with Gasteiger partial charge in [-0.3, -0.25) is 4.90 Å². The molecule has 0 saturated carbocycles. The van der Waals surface area contributed by atoms with Crippen molar-refractivity contribution < 1.29 is 14.2 Å². The van der Waals surface area contributed by atoms with E-state index in [1.165, 1.54) is 0 Å². The van der Waals surface area contributed by atoms with E-state index in [-0.39, 0.29) is 6.04 Å². The Morgan fingerprint density at radius 1 is 1.35 bits per heavy atom. The second kappa shape index (κ2) is 7.13. The highest BCUT2D eigenvalue weighted by Gasteiger charge is 2.23. The zero-order valence-corrected chi connectivity index (χ0v) is 12.0. The Bertz CT molecular complexity index is 478. The van der Waals surface area contributed by atoms with E-state index in [9.17, 15) is 5.26 Å². The zero-order valence-electron chi connectivity index (χ0n) is 12.0. The van der Waals surface area contributed by atoms with Gasteiger partial charge >= 0.3 is 0 Å². The molecular weight excluding hydrogens is 256 g/mol. The molecule has 5 heteroatoms. The van der Waals surface area contributed by atoms with Crippen molar-refractivity contribution >= 4 is 0 Å². The van der Waals surface area contributed by atoms with Crippen LogP contribution in [0.3, 0.4) is 0 Å². The minimum absolute atomic E-state index is 0.274. The van der Waals surface area contributed by atoms with Crippen molar-refractivity contribution in [2.75, 3.05) is 40.0 Å². The topological polar surface area (TPSA) is 54.7 Å². The molecular formula is C15H20N2O3. The van der Waals surface area contributed by atoms with Crippen molar-refractivity contribution in [2.24, 2.45) is 0 Å². The molecule has 1 saturated heterocycles. The first-order valence-electron chi connectivity index (χ1n) is 6.82. The first-order chi connectivity index (χ1) is 9.80. The minimum Gasteiger partial charge on any atom is -0.493 e. The number of hydrogen-bond donors (Lipinski definition) is 0. The molecule has 1 aliphatic rings. The van der Waals surface area contributed by atoms with Gasteiger partial charge < -0.3 is 14.2 Å². The summed E-state index contributed by atoms with van der Waals surface area (Å²) in [6.07, 6.45) is 0. The number of methoxy groups -OCH3 is 1. The third-order valence-electron chi connectivity index (χ3n) is 3.34. The molecule has 0 bridgehead atoms. The van der Waals surface area contributed by atoms with E-state index < -0.39 is 0 Å². The van der Waals surface area contributed by atoms with Crippen molar-refractivity contribution in [1.82, 2.24) is 4.90 Å². The summed E-state index contributed by atoms with van der Waals surface area (Å²) < 4.78 is 16.2. The second-order valence-corrected chi connectivity index (χ2v) is 4.52. The number of morpholine rings is 1. The maximum atomic E-state index is 9.47. The van der Waals surface area contributed by atoms with Crippen LogP contribution in [0.4, 0.5) is 0 Å². The normalized spacial score (nSPS) is 17.2. The summed E-state index contributed by atoms with van der Waals surface area (Å²) in [4.78, 5) is 2.13. The predicted octanol–water partition coefficient (Wildman–Crippen LogP) is 1.99. The molecule has 0 spiro atoms. The Labute approximate surface area is 119 Å². The summed E-state index contributed by atoms with van der Waals surface area (Å²) in [7, 11) is 1.61. The van der Waals surface area contributed by atoms with E-state index in [0.717, 1.165) is 18.7 Å². The number of nitriles is 1. The van der Waals surface area contributed by atoms with Gasteiger partial charge in [-0.05, 0) is 24.6 Å². The lowest BCUT2D eigenvalue weighted by Gasteiger charge is -2.30. The molecule has 2 rings (SSSR count). The lowest BCUT2D eigenvalue weighted by Crippen LogP contribution is -2.38. The van der Waals surface area contributed by atoms with Gasteiger partial charge in [-0.25, -0.2) is 0 Å². The highest BCUT2D eigenvalue weighted by atomic mass is 16.5. The van der Waals surface area contributed by atoms with Gasteiger partial charge in [-0.1, -0.05) is 6.07 Å². The predicted molar refractivity (Wildman–Crippen MR) is 74.9 cm³/mol. The fraction of sp³-hybridized carbons (Fsp3) is 0.533. The van der Waals surface area contributed by atoms with Crippen LogP contribution in [0.1, 0.15) is 18.5 Å². The molecule has 1 aliphatic heterocycles. The molecule has 5 nitrogen and oxygen atoms in total. The van der Waals surface area contributed by atoms with Gasteiger partial charge in [0.25, 0.3) is 0 Å². The average Bonchev–Trinajstić information content (AvgIpc) is 2.50. The van der Waals surface area contributed by atoms with Crippen molar-refractivity contribution in [3.05, 3.63) is 23.8 Å². The maximum Gasteiger partial charge on any atom is 0.161 e. The summed E-state index contributed by atoms with van der Waals surface area (Å²) >= 11 is 0. The smallest absolute Gasteiger partial charge is 0.161 e. The van der Waals surface area contributed by atoms with Crippen molar-refractivity contribution in [2.45, 2.75) is 13.0 Å². The highest BCUT2D eigenvalue weighted by molar-refractivity contribution is 5.44. The molecule has 1 atom stereocenters. The van der Waals surface area contributed by atoms with E-state index in [0.29, 0.717) is 31.3 Å². The number of hydrogen-bond acceptors (Lipinski definition) is 5. The lowest BCUT2D eigenvalue weighted by atomic mass is 10.1. The molecule has 1 aromatic carbocycles. The summed E-state index contributed by atoms with van der Waals surface area (Å²) in [5, 5.41) is 9.47. The number of benzene rings is 1. The van der Waals surface area contributed by atoms with Crippen LogP contribution >= 0.6 is 0 Å². The monoisotopic (exact) mass is 276 g/mol. The molecule has 0 unspecified atom stereocenters. The standard InChI is InChI=1S/C15H20N2O3/c1-3-20-15-10-12(4-5-14(15)18-2)13(11-16)17-6-8-19-9-7-17/h4-5,10,13H,3,6-9H2,1-2H3/t13-/m1/s1. The SMILES string of the molecule is CCOc1cc([C@@H](C#N)N2CCOCC2)ccc1OC. The van der Waals surface area contributed by atoms with E-state index in [4.69, 9.17) is 14.2 Å². The molecule has 0 aromatic heterocycles. The van der Waals surface area contributed by atoms with Crippen LogP contribution in [0.2, 0.25) is 0 Å². The fourth-order valence-corrected chi connectivity index (χ4v) is 2.33. The minimum atomic E-state index is -0.274. The van der Waals surface area contributed by atoms with Gasteiger partial charge in [-0.15, -0.1) is 0 Å². The number of rotatable bonds is 5. The Balaban J connectivity index is 2.25. The molecule has 1 fully saturated rings. The van der Waals surface area contributed by atoms with Gasteiger partial charge in [0, 0.05) is 13.1 Å². The molecule has 1 heterocycles. The first-order valence-corrected chi connectivity index (χ1v) is 6.82. The summed E-state index contributed by atoms with van der Waals surface area (Å²) in [5.41, 5.74) is 0.929. The van der Waals surface area contributed by atoms with E-state index in [2.05, 4.69) is 11.0 Å². The Hall–Kier alpha value is -1.77. The lowest BCUT2D eigenvalue weighted by molar-refractivity contribution is 0.0266. The van der Waals surface area contributed by atoms with Crippen LogP contribution < -0.4 is 9.47 Å². The van der Waals surface area contributed by atoms with Gasteiger partial charge in [0.1, 0.15) is 6.04 Å². The molecule has 1 aromatic rings.